The van der Waals surface area contributed by atoms with Crippen LogP contribution in [0.1, 0.15) is 60.3 Å². The summed E-state index contributed by atoms with van der Waals surface area (Å²) in [6.45, 7) is 6.76. The molecule has 2 bridgehead atoms. The third-order valence-corrected chi connectivity index (χ3v) is 7.86. The molecule has 0 unspecified atom stereocenters. The monoisotopic (exact) mass is 394 g/mol. The predicted octanol–water partition coefficient (Wildman–Crippen LogP) is 3.56. The van der Waals surface area contributed by atoms with Crippen LogP contribution in [0, 0.1) is 31.6 Å². The van der Waals surface area contributed by atoms with E-state index in [1.54, 1.807) is 0 Å². The van der Waals surface area contributed by atoms with E-state index in [4.69, 9.17) is 4.52 Å². The molecular formula is C23H30N4O2. The van der Waals surface area contributed by atoms with Gasteiger partial charge in [-0.05, 0) is 69.8 Å². The molecule has 0 spiro atoms. The van der Waals surface area contributed by atoms with Crippen LogP contribution in [0.5, 0.6) is 0 Å². The number of hydrogen-bond donors (Lipinski definition) is 0. The van der Waals surface area contributed by atoms with E-state index in [2.05, 4.69) is 19.9 Å². The van der Waals surface area contributed by atoms with E-state index in [9.17, 15) is 4.79 Å². The minimum absolute atomic E-state index is 0.129. The van der Waals surface area contributed by atoms with Crippen molar-refractivity contribution in [3.8, 4) is 0 Å². The number of aryl methyl sites for hydroxylation is 2. The summed E-state index contributed by atoms with van der Waals surface area (Å²) in [5.41, 5.74) is 2.75. The van der Waals surface area contributed by atoms with E-state index in [1.165, 1.54) is 45.1 Å². The average molecular weight is 395 g/mol. The van der Waals surface area contributed by atoms with Gasteiger partial charge in [0.15, 0.2) is 0 Å². The lowest BCUT2D eigenvalue weighted by molar-refractivity contribution is -0.0550. The predicted molar refractivity (Wildman–Crippen MR) is 110 cm³/mol. The van der Waals surface area contributed by atoms with Gasteiger partial charge in [-0.2, -0.15) is 0 Å². The van der Waals surface area contributed by atoms with Gasteiger partial charge in [-0.1, -0.05) is 11.6 Å². The second kappa shape index (κ2) is 6.53. The highest BCUT2D eigenvalue weighted by molar-refractivity contribution is 6.06. The second-order valence-corrected chi connectivity index (χ2v) is 9.93. The summed E-state index contributed by atoms with van der Waals surface area (Å²) in [6.07, 6.45) is 8.23. The van der Waals surface area contributed by atoms with Crippen LogP contribution in [-0.2, 0) is 0 Å². The normalized spacial score (nSPS) is 32.4. The van der Waals surface area contributed by atoms with Crippen molar-refractivity contribution in [2.24, 2.45) is 17.8 Å². The van der Waals surface area contributed by atoms with Gasteiger partial charge in [-0.15, -0.1) is 0 Å². The van der Waals surface area contributed by atoms with Gasteiger partial charge in [0.05, 0.1) is 16.6 Å². The van der Waals surface area contributed by atoms with Crippen molar-refractivity contribution in [3.63, 3.8) is 0 Å². The second-order valence-electron chi connectivity index (χ2n) is 9.93. The van der Waals surface area contributed by atoms with E-state index >= 15 is 0 Å². The molecule has 4 fully saturated rings. The number of carbonyl (C=O) groups excluding carboxylic acids is 1. The van der Waals surface area contributed by atoms with Crippen molar-refractivity contribution in [1.82, 2.24) is 19.9 Å². The molecule has 29 heavy (non-hydrogen) atoms. The minimum atomic E-state index is 0.129. The Morgan fingerprint density at radius 2 is 1.86 bits per heavy atom. The fourth-order valence-electron chi connectivity index (χ4n) is 6.56. The van der Waals surface area contributed by atoms with Gasteiger partial charge in [-0.25, -0.2) is 4.98 Å². The highest BCUT2D eigenvalue weighted by atomic mass is 16.5. The summed E-state index contributed by atoms with van der Waals surface area (Å²) in [6, 6.07) is 3.41. The van der Waals surface area contributed by atoms with E-state index < -0.39 is 0 Å². The number of hydrogen-bond acceptors (Lipinski definition) is 5. The lowest BCUT2D eigenvalue weighted by atomic mass is 9.74. The standard InChI is InChI=1S/C23H30N4O2/c1-13-8-18(21-14(2)25-29-22(21)24-13)23(28)26-10-15-9-17(12-26)20-5-3-4-19(16-6-7-16)27(20)11-15/h8,15-17,19-20H,3-7,9-12H2,1-2H3/t15-,17+,19+,20-/m0/s1. The Balaban J connectivity index is 1.28. The molecule has 0 aromatic carbocycles. The first kappa shape index (κ1) is 17.9. The fraction of sp³-hybridized carbons (Fsp3) is 0.696. The summed E-state index contributed by atoms with van der Waals surface area (Å²) in [7, 11) is 0. The van der Waals surface area contributed by atoms with Gasteiger partial charge in [0.2, 0.25) is 0 Å². The van der Waals surface area contributed by atoms with Crippen molar-refractivity contribution in [1.29, 1.82) is 0 Å². The summed E-state index contributed by atoms with van der Waals surface area (Å²) in [5.74, 6) is 2.31. The number of rotatable bonds is 2. The van der Waals surface area contributed by atoms with Crippen molar-refractivity contribution in [3.05, 3.63) is 23.0 Å². The SMILES string of the molecule is Cc1cc(C(=O)N2C[C@@H]3C[C@H](C2)[C@@H]2CCC[C@H](C4CC4)N2C3)c2c(C)noc2n1. The summed E-state index contributed by atoms with van der Waals surface area (Å²) in [5, 5.41) is 4.83. The Labute approximate surface area is 171 Å². The van der Waals surface area contributed by atoms with Crippen LogP contribution in [0.3, 0.4) is 0 Å². The van der Waals surface area contributed by atoms with Gasteiger partial charge in [0.1, 0.15) is 0 Å². The number of carbonyl (C=O) groups is 1. The average Bonchev–Trinajstić information content (AvgIpc) is 3.49. The van der Waals surface area contributed by atoms with Crippen LogP contribution in [0.15, 0.2) is 10.6 Å². The van der Waals surface area contributed by atoms with Crippen LogP contribution >= 0.6 is 0 Å². The maximum Gasteiger partial charge on any atom is 0.258 e. The van der Waals surface area contributed by atoms with E-state index in [-0.39, 0.29) is 5.91 Å². The van der Waals surface area contributed by atoms with Crippen molar-refractivity contribution < 1.29 is 9.32 Å². The van der Waals surface area contributed by atoms with Crippen LogP contribution in [0.25, 0.3) is 11.1 Å². The molecule has 3 aliphatic heterocycles. The van der Waals surface area contributed by atoms with Crippen molar-refractivity contribution >= 4 is 17.0 Å². The molecule has 0 radical (unpaired) electrons. The van der Waals surface area contributed by atoms with Gasteiger partial charge in [0, 0.05) is 37.4 Å². The Bertz CT molecular complexity index is 965. The molecule has 6 nitrogen and oxygen atoms in total. The topological polar surface area (TPSA) is 62.5 Å². The van der Waals surface area contributed by atoms with E-state index in [1.807, 2.05) is 19.9 Å². The number of nitrogens with zero attached hydrogens (tertiary/aromatic N) is 4. The molecule has 6 heteroatoms. The lowest BCUT2D eigenvalue weighted by Gasteiger charge is -2.55. The number of likely N-dealkylation sites (tertiary alicyclic amines) is 1. The van der Waals surface area contributed by atoms with Crippen molar-refractivity contribution in [2.75, 3.05) is 19.6 Å². The maximum atomic E-state index is 13.6. The van der Waals surface area contributed by atoms with Crippen LogP contribution in [0.4, 0.5) is 0 Å². The molecule has 1 aliphatic carbocycles. The quantitative estimate of drug-likeness (QED) is 0.779. The van der Waals surface area contributed by atoms with Gasteiger partial charge < -0.3 is 9.42 Å². The van der Waals surface area contributed by atoms with E-state index in [0.717, 1.165) is 41.8 Å². The number of piperidine rings is 3. The highest BCUT2D eigenvalue weighted by Gasteiger charge is 2.48. The zero-order valence-electron chi connectivity index (χ0n) is 17.4. The number of pyridine rings is 1. The van der Waals surface area contributed by atoms with Crippen molar-refractivity contribution in [2.45, 2.75) is 64.5 Å². The first-order valence-electron chi connectivity index (χ1n) is 11.4. The zero-order chi connectivity index (χ0) is 19.7. The molecule has 0 N–H and O–H groups in total. The smallest absolute Gasteiger partial charge is 0.258 e. The minimum Gasteiger partial charge on any atom is -0.338 e. The molecule has 154 valence electrons. The summed E-state index contributed by atoms with van der Waals surface area (Å²) in [4.78, 5) is 23.0. The summed E-state index contributed by atoms with van der Waals surface area (Å²) < 4.78 is 5.35. The van der Waals surface area contributed by atoms with Crippen LogP contribution in [0.2, 0.25) is 0 Å². The maximum absolute atomic E-state index is 13.6. The Hall–Kier alpha value is -1.95. The number of aromatic nitrogens is 2. The molecule has 1 saturated carbocycles. The van der Waals surface area contributed by atoms with Gasteiger partial charge in [-0.3, -0.25) is 9.69 Å². The first-order valence-corrected chi connectivity index (χ1v) is 11.4. The molecule has 6 rings (SSSR count). The fourth-order valence-corrected chi connectivity index (χ4v) is 6.56. The Kier molecular flexibility index (Phi) is 4.02. The first-order chi connectivity index (χ1) is 14.1. The lowest BCUT2D eigenvalue weighted by Crippen LogP contribution is -2.62. The number of fused-ring (bicyclic) bond motifs is 5. The van der Waals surface area contributed by atoms with Crippen LogP contribution in [-0.4, -0.2) is 57.6 Å². The summed E-state index contributed by atoms with van der Waals surface area (Å²) >= 11 is 0. The molecule has 1 amide bonds. The highest BCUT2D eigenvalue weighted by Crippen LogP contribution is 2.46. The molecule has 3 saturated heterocycles. The molecule has 5 heterocycles. The molecule has 2 aromatic heterocycles. The van der Waals surface area contributed by atoms with E-state index in [0.29, 0.717) is 29.2 Å². The third kappa shape index (κ3) is 2.90. The van der Waals surface area contributed by atoms with Gasteiger partial charge in [0.25, 0.3) is 11.6 Å². The Morgan fingerprint density at radius 3 is 2.66 bits per heavy atom. The largest absolute Gasteiger partial charge is 0.338 e. The zero-order valence-corrected chi connectivity index (χ0v) is 17.4. The van der Waals surface area contributed by atoms with Crippen LogP contribution < -0.4 is 0 Å². The van der Waals surface area contributed by atoms with Gasteiger partial charge >= 0.3 is 0 Å². The molecular weight excluding hydrogens is 364 g/mol. The number of amides is 1. The Morgan fingerprint density at radius 1 is 1.07 bits per heavy atom. The third-order valence-electron chi connectivity index (χ3n) is 7.86. The molecule has 2 aromatic rings. The molecule has 4 atom stereocenters. The molecule has 4 aliphatic rings.